The van der Waals surface area contributed by atoms with Gasteiger partial charge in [-0.25, -0.2) is 0 Å². The van der Waals surface area contributed by atoms with Crippen LogP contribution in [0.5, 0.6) is 5.75 Å². The summed E-state index contributed by atoms with van der Waals surface area (Å²) in [5.74, 6) is 0.942. The molecule has 0 atom stereocenters. The van der Waals surface area contributed by atoms with E-state index < -0.39 is 0 Å². The number of rotatable bonds is 7. The second-order valence-corrected chi connectivity index (χ2v) is 5.31. The van der Waals surface area contributed by atoms with Gasteiger partial charge in [0.15, 0.2) is 0 Å². The predicted molar refractivity (Wildman–Crippen MR) is 81.2 cm³/mol. The average Bonchev–Trinajstić information content (AvgIpc) is 2.50. The second kappa shape index (κ2) is 8.25. The van der Waals surface area contributed by atoms with Gasteiger partial charge in [0, 0.05) is 26.7 Å². The molecule has 0 radical (unpaired) electrons. The van der Waals surface area contributed by atoms with Crippen molar-refractivity contribution in [2.75, 3.05) is 39.9 Å². The van der Waals surface area contributed by atoms with Crippen molar-refractivity contribution in [3.63, 3.8) is 0 Å². The molecule has 1 aliphatic rings. The summed E-state index contributed by atoms with van der Waals surface area (Å²) in [6.45, 7) is 4.64. The smallest absolute Gasteiger partial charge is 0.119 e. The normalized spacial score (nSPS) is 17.3. The molecule has 20 heavy (non-hydrogen) atoms. The zero-order valence-electron chi connectivity index (χ0n) is 12.4. The first kappa shape index (κ1) is 15.3. The number of methoxy groups -OCH3 is 1. The quantitative estimate of drug-likeness (QED) is 0.824. The van der Waals surface area contributed by atoms with Gasteiger partial charge in [0.1, 0.15) is 12.4 Å². The maximum absolute atomic E-state index is 5.79. The summed E-state index contributed by atoms with van der Waals surface area (Å²) < 4.78 is 11.2. The molecule has 0 aromatic heterocycles. The van der Waals surface area contributed by atoms with Gasteiger partial charge >= 0.3 is 0 Å². The van der Waals surface area contributed by atoms with Gasteiger partial charge in [-0.1, -0.05) is 12.1 Å². The Kier molecular flexibility index (Phi) is 6.30. The van der Waals surface area contributed by atoms with Crippen LogP contribution in [0.4, 0.5) is 0 Å². The standard InChI is InChI=1S/C16H26N2O2/c1-19-15-7-10-18(11-8-15)12-13-20-16-4-2-14(3-5-16)6-9-17/h2-5,15H,6-13,17H2,1H3. The molecule has 0 saturated carbocycles. The summed E-state index contributed by atoms with van der Waals surface area (Å²) in [7, 11) is 1.80. The first-order valence-electron chi connectivity index (χ1n) is 7.49. The van der Waals surface area contributed by atoms with Crippen molar-refractivity contribution < 1.29 is 9.47 Å². The summed E-state index contributed by atoms with van der Waals surface area (Å²) in [6, 6.07) is 8.24. The molecule has 2 N–H and O–H groups in total. The van der Waals surface area contributed by atoms with E-state index in [1.165, 1.54) is 5.56 Å². The number of likely N-dealkylation sites (tertiary alicyclic amines) is 1. The van der Waals surface area contributed by atoms with E-state index in [1.54, 1.807) is 7.11 Å². The van der Waals surface area contributed by atoms with Crippen LogP contribution in [0.3, 0.4) is 0 Å². The number of ether oxygens (including phenoxy) is 2. The van der Waals surface area contributed by atoms with Gasteiger partial charge in [-0.2, -0.15) is 0 Å². The zero-order chi connectivity index (χ0) is 14.2. The molecule has 1 saturated heterocycles. The average molecular weight is 278 g/mol. The van der Waals surface area contributed by atoms with E-state index in [4.69, 9.17) is 15.2 Å². The molecule has 0 aliphatic carbocycles. The Morgan fingerprint density at radius 1 is 1.20 bits per heavy atom. The Labute approximate surface area is 121 Å². The van der Waals surface area contributed by atoms with E-state index in [-0.39, 0.29) is 0 Å². The lowest BCUT2D eigenvalue weighted by Crippen LogP contribution is -2.38. The molecular formula is C16H26N2O2. The lowest BCUT2D eigenvalue weighted by Gasteiger charge is -2.30. The van der Waals surface area contributed by atoms with Gasteiger partial charge in [-0.3, -0.25) is 4.90 Å². The molecule has 1 aromatic rings. The van der Waals surface area contributed by atoms with Gasteiger partial charge in [0.2, 0.25) is 0 Å². The monoisotopic (exact) mass is 278 g/mol. The van der Waals surface area contributed by atoms with Crippen molar-refractivity contribution in [2.24, 2.45) is 5.73 Å². The summed E-state index contributed by atoms with van der Waals surface area (Å²) in [6.07, 6.45) is 3.63. The molecule has 1 aliphatic heterocycles. The molecule has 0 spiro atoms. The van der Waals surface area contributed by atoms with E-state index in [0.29, 0.717) is 12.6 Å². The minimum absolute atomic E-state index is 0.447. The van der Waals surface area contributed by atoms with Crippen molar-refractivity contribution in [3.8, 4) is 5.75 Å². The van der Waals surface area contributed by atoms with Crippen LogP contribution in [-0.2, 0) is 11.2 Å². The fourth-order valence-electron chi connectivity index (χ4n) is 2.58. The lowest BCUT2D eigenvalue weighted by atomic mass is 10.1. The third-order valence-corrected chi connectivity index (χ3v) is 3.90. The third kappa shape index (κ3) is 4.78. The highest BCUT2D eigenvalue weighted by Gasteiger charge is 2.18. The molecule has 112 valence electrons. The second-order valence-electron chi connectivity index (χ2n) is 5.31. The molecule has 1 fully saturated rings. The van der Waals surface area contributed by atoms with E-state index in [9.17, 15) is 0 Å². The number of nitrogens with zero attached hydrogens (tertiary/aromatic N) is 1. The third-order valence-electron chi connectivity index (χ3n) is 3.90. The maximum Gasteiger partial charge on any atom is 0.119 e. The topological polar surface area (TPSA) is 47.7 Å². The molecule has 4 nitrogen and oxygen atoms in total. The fourth-order valence-corrected chi connectivity index (χ4v) is 2.58. The Hall–Kier alpha value is -1.10. The van der Waals surface area contributed by atoms with Crippen LogP contribution >= 0.6 is 0 Å². The summed E-state index contributed by atoms with van der Waals surface area (Å²) in [4.78, 5) is 2.44. The van der Waals surface area contributed by atoms with Crippen molar-refractivity contribution in [1.82, 2.24) is 4.90 Å². The van der Waals surface area contributed by atoms with Crippen LogP contribution in [-0.4, -0.2) is 50.9 Å². The van der Waals surface area contributed by atoms with E-state index in [1.807, 2.05) is 12.1 Å². The van der Waals surface area contributed by atoms with Gasteiger partial charge in [0.25, 0.3) is 0 Å². The van der Waals surface area contributed by atoms with Gasteiger partial charge in [0.05, 0.1) is 6.10 Å². The first-order valence-corrected chi connectivity index (χ1v) is 7.49. The van der Waals surface area contributed by atoms with E-state index in [2.05, 4.69) is 17.0 Å². The largest absolute Gasteiger partial charge is 0.492 e. The highest BCUT2D eigenvalue weighted by Crippen LogP contribution is 2.14. The SMILES string of the molecule is COC1CCN(CCOc2ccc(CCN)cc2)CC1. The minimum Gasteiger partial charge on any atom is -0.492 e. The highest BCUT2D eigenvalue weighted by molar-refractivity contribution is 5.27. The van der Waals surface area contributed by atoms with E-state index in [0.717, 1.165) is 51.3 Å². The van der Waals surface area contributed by atoms with Crippen molar-refractivity contribution in [3.05, 3.63) is 29.8 Å². The summed E-state index contributed by atoms with van der Waals surface area (Å²) in [5, 5.41) is 0. The number of nitrogens with two attached hydrogens (primary N) is 1. The van der Waals surface area contributed by atoms with Crippen LogP contribution in [0.2, 0.25) is 0 Å². The Morgan fingerprint density at radius 3 is 2.50 bits per heavy atom. The zero-order valence-corrected chi connectivity index (χ0v) is 12.4. The molecule has 0 amide bonds. The molecular weight excluding hydrogens is 252 g/mol. The fraction of sp³-hybridized carbons (Fsp3) is 0.625. The van der Waals surface area contributed by atoms with E-state index >= 15 is 0 Å². The van der Waals surface area contributed by atoms with Gasteiger partial charge in [-0.05, 0) is 43.5 Å². The Balaban J connectivity index is 1.65. The van der Waals surface area contributed by atoms with Crippen molar-refractivity contribution in [1.29, 1.82) is 0 Å². The minimum atomic E-state index is 0.447. The van der Waals surface area contributed by atoms with Crippen LogP contribution < -0.4 is 10.5 Å². The molecule has 0 unspecified atom stereocenters. The van der Waals surface area contributed by atoms with Crippen LogP contribution in [0.25, 0.3) is 0 Å². The molecule has 0 bridgehead atoms. The maximum atomic E-state index is 5.79. The number of piperidine rings is 1. The number of benzene rings is 1. The summed E-state index contributed by atoms with van der Waals surface area (Å²) in [5.41, 5.74) is 6.80. The van der Waals surface area contributed by atoms with Gasteiger partial charge in [-0.15, -0.1) is 0 Å². The van der Waals surface area contributed by atoms with Crippen LogP contribution in [0, 0.1) is 0 Å². The number of hydrogen-bond acceptors (Lipinski definition) is 4. The molecule has 1 heterocycles. The first-order chi connectivity index (χ1) is 9.81. The lowest BCUT2D eigenvalue weighted by molar-refractivity contribution is 0.0375. The van der Waals surface area contributed by atoms with Gasteiger partial charge < -0.3 is 15.2 Å². The Morgan fingerprint density at radius 2 is 1.90 bits per heavy atom. The van der Waals surface area contributed by atoms with Crippen molar-refractivity contribution in [2.45, 2.75) is 25.4 Å². The van der Waals surface area contributed by atoms with Crippen molar-refractivity contribution >= 4 is 0 Å². The molecule has 1 aromatic carbocycles. The molecule has 4 heteroatoms. The van der Waals surface area contributed by atoms with Crippen LogP contribution in [0.1, 0.15) is 18.4 Å². The van der Waals surface area contributed by atoms with Crippen LogP contribution in [0.15, 0.2) is 24.3 Å². The summed E-state index contributed by atoms with van der Waals surface area (Å²) >= 11 is 0. The highest BCUT2D eigenvalue weighted by atomic mass is 16.5. The predicted octanol–water partition coefficient (Wildman–Crippen LogP) is 1.68. The molecule has 2 rings (SSSR count). The Bertz CT molecular complexity index is 373. The number of hydrogen-bond donors (Lipinski definition) is 1.